The molecule has 204 valence electrons. The second kappa shape index (κ2) is 12.2. The van der Waals surface area contributed by atoms with Gasteiger partial charge in [0, 0.05) is 12.1 Å². The van der Waals surface area contributed by atoms with Crippen LogP contribution in [0.2, 0.25) is 0 Å². The van der Waals surface area contributed by atoms with Crippen molar-refractivity contribution in [2.24, 2.45) is 10.9 Å². The highest BCUT2D eigenvalue weighted by Crippen LogP contribution is 2.32. The predicted octanol–water partition coefficient (Wildman–Crippen LogP) is 4.52. The van der Waals surface area contributed by atoms with E-state index in [9.17, 15) is 19.7 Å². The van der Waals surface area contributed by atoms with Crippen LogP contribution in [0, 0.1) is 16.0 Å². The van der Waals surface area contributed by atoms with E-state index in [0.717, 1.165) is 12.8 Å². The summed E-state index contributed by atoms with van der Waals surface area (Å²) in [5.41, 5.74) is 1.59. The lowest BCUT2D eigenvalue weighted by Gasteiger charge is -2.25. The van der Waals surface area contributed by atoms with Crippen molar-refractivity contribution in [2.45, 2.75) is 46.6 Å². The number of hydrogen-bond donors (Lipinski definition) is 0. The molecular formula is C29H31N3O6S. The number of non-ortho nitro benzene ring substituents is 1. The quantitative estimate of drug-likeness (QED) is 0.159. The SMILES string of the molecule is CCCCOc1ccc(C2C(C(=O)OCC(C)C)=C(C)N=c3s/c(=C\c4cccc([N+](=O)[O-])c4)c(=O)n32)cc1. The monoisotopic (exact) mass is 549 g/mol. The molecule has 0 saturated carbocycles. The Balaban J connectivity index is 1.83. The fraction of sp³-hybridized carbons (Fsp3) is 0.345. The number of carbonyl (C=O) groups is 1. The number of ether oxygens (including phenoxy) is 2. The third-order valence-corrected chi connectivity index (χ3v) is 7.11. The minimum atomic E-state index is -0.752. The Morgan fingerprint density at radius 3 is 2.64 bits per heavy atom. The van der Waals surface area contributed by atoms with Crippen molar-refractivity contribution in [3.05, 3.63) is 101 Å². The fourth-order valence-corrected chi connectivity index (χ4v) is 5.22. The van der Waals surface area contributed by atoms with Gasteiger partial charge in [0.1, 0.15) is 5.75 Å². The number of aromatic nitrogens is 1. The number of benzene rings is 2. The number of unbranched alkanes of at least 4 members (excludes halogenated alkanes) is 1. The largest absolute Gasteiger partial charge is 0.494 e. The molecule has 10 heteroatoms. The highest BCUT2D eigenvalue weighted by Gasteiger charge is 2.33. The molecule has 2 aromatic carbocycles. The van der Waals surface area contributed by atoms with Crippen LogP contribution in [0.15, 0.2) is 69.6 Å². The van der Waals surface area contributed by atoms with Gasteiger partial charge in [0.15, 0.2) is 4.80 Å². The maximum Gasteiger partial charge on any atom is 0.338 e. The molecule has 0 radical (unpaired) electrons. The summed E-state index contributed by atoms with van der Waals surface area (Å²) in [6.45, 7) is 8.58. The van der Waals surface area contributed by atoms with E-state index in [1.54, 1.807) is 25.1 Å². The summed E-state index contributed by atoms with van der Waals surface area (Å²) in [5, 5.41) is 11.2. The Morgan fingerprint density at radius 2 is 1.97 bits per heavy atom. The first-order valence-electron chi connectivity index (χ1n) is 12.9. The van der Waals surface area contributed by atoms with E-state index in [1.165, 1.54) is 28.0 Å². The number of fused-ring (bicyclic) bond motifs is 1. The average molecular weight is 550 g/mol. The van der Waals surface area contributed by atoms with Gasteiger partial charge in [0.2, 0.25) is 0 Å². The smallest absolute Gasteiger partial charge is 0.338 e. The number of thiazole rings is 1. The second-order valence-corrected chi connectivity index (χ2v) is 10.7. The molecule has 0 N–H and O–H groups in total. The molecule has 39 heavy (non-hydrogen) atoms. The summed E-state index contributed by atoms with van der Waals surface area (Å²) < 4.78 is 13.2. The van der Waals surface area contributed by atoms with Crippen molar-refractivity contribution in [3.8, 4) is 5.75 Å². The van der Waals surface area contributed by atoms with Crippen molar-refractivity contribution in [3.63, 3.8) is 0 Å². The third-order valence-electron chi connectivity index (χ3n) is 6.13. The van der Waals surface area contributed by atoms with Gasteiger partial charge < -0.3 is 9.47 Å². The molecule has 1 unspecified atom stereocenters. The zero-order chi connectivity index (χ0) is 28.1. The number of nitro benzene ring substituents is 1. The number of nitro groups is 1. The third kappa shape index (κ3) is 6.34. The number of carbonyl (C=O) groups excluding carboxylic acids is 1. The minimum Gasteiger partial charge on any atom is -0.494 e. The van der Waals surface area contributed by atoms with E-state index in [1.807, 2.05) is 38.1 Å². The van der Waals surface area contributed by atoms with Crippen LogP contribution in [0.1, 0.15) is 57.7 Å². The molecule has 1 aromatic heterocycles. The van der Waals surface area contributed by atoms with Crippen LogP contribution in [0.25, 0.3) is 6.08 Å². The number of hydrogen-bond acceptors (Lipinski definition) is 8. The van der Waals surface area contributed by atoms with Gasteiger partial charge in [-0.1, -0.05) is 62.8 Å². The van der Waals surface area contributed by atoms with Crippen LogP contribution >= 0.6 is 11.3 Å². The minimum absolute atomic E-state index is 0.0679. The summed E-state index contributed by atoms with van der Waals surface area (Å²) in [7, 11) is 0. The van der Waals surface area contributed by atoms with Crippen LogP contribution in [-0.4, -0.2) is 28.7 Å². The van der Waals surface area contributed by atoms with Crippen LogP contribution in [0.4, 0.5) is 5.69 Å². The lowest BCUT2D eigenvalue weighted by Crippen LogP contribution is -2.40. The summed E-state index contributed by atoms with van der Waals surface area (Å²) in [6.07, 6.45) is 3.57. The summed E-state index contributed by atoms with van der Waals surface area (Å²) >= 11 is 1.17. The topological polar surface area (TPSA) is 113 Å². The van der Waals surface area contributed by atoms with E-state index < -0.39 is 16.9 Å². The van der Waals surface area contributed by atoms with Crippen molar-refractivity contribution in [1.29, 1.82) is 0 Å². The van der Waals surface area contributed by atoms with Crippen molar-refractivity contribution in [1.82, 2.24) is 4.57 Å². The first kappa shape index (κ1) is 28.0. The molecule has 0 amide bonds. The number of nitrogens with zero attached hydrogens (tertiary/aromatic N) is 3. The Kier molecular flexibility index (Phi) is 8.75. The van der Waals surface area contributed by atoms with Gasteiger partial charge in [-0.05, 0) is 48.6 Å². The van der Waals surface area contributed by atoms with Crippen LogP contribution in [-0.2, 0) is 9.53 Å². The first-order valence-corrected chi connectivity index (χ1v) is 13.7. The zero-order valence-electron chi connectivity index (χ0n) is 22.4. The molecule has 3 aromatic rings. The van der Waals surface area contributed by atoms with Crippen LogP contribution in [0.3, 0.4) is 0 Å². The Labute approximate surface area is 229 Å². The first-order chi connectivity index (χ1) is 18.7. The molecule has 0 bridgehead atoms. The molecule has 0 spiro atoms. The van der Waals surface area contributed by atoms with Gasteiger partial charge >= 0.3 is 5.97 Å². The molecule has 1 aliphatic heterocycles. The molecule has 0 aliphatic carbocycles. The molecule has 0 saturated heterocycles. The van der Waals surface area contributed by atoms with Gasteiger partial charge in [-0.25, -0.2) is 9.79 Å². The lowest BCUT2D eigenvalue weighted by molar-refractivity contribution is -0.384. The number of rotatable bonds is 10. The van der Waals surface area contributed by atoms with E-state index in [4.69, 9.17) is 9.47 Å². The number of allylic oxidation sites excluding steroid dienone is 1. The second-order valence-electron chi connectivity index (χ2n) is 9.70. The van der Waals surface area contributed by atoms with Gasteiger partial charge in [-0.3, -0.25) is 19.5 Å². The lowest BCUT2D eigenvalue weighted by atomic mass is 9.96. The standard InChI is InChI=1S/C29H31N3O6S/c1-5-6-14-37-23-12-10-21(11-13-23)26-25(28(34)38-17-18(2)3)19(4)30-29-31(26)27(33)24(39-29)16-20-8-7-9-22(15-20)32(35)36/h7-13,15-16,18,26H,5-6,14,17H2,1-4H3/b24-16-. The molecule has 1 aliphatic rings. The van der Waals surface area contributed by atoms with Crippen LogP contribution in [0.5, 0.6) is 5.75 Å². The summed E-state index contributed by atoms with van der Waals surface area (Å²) in [4.78, 5) is 42.8. The fourth-order valence-electron chi connectivity index (χ4n) is 4.18. The normalized spacial score (nSPS) is 15.2. The Morgan fingerprint density at radius 1 is 1.23 bits per heavy atom. The molecule has 9 nitrogen and oxygen atoms in total. The van der Waals surface area contributed by atoms with Gasteiger partial charge in [-0.2, -0.15) is 0 Å². The molecule has 0 fully saturated rings. The zero-order valence-corrected chi connectivity index (χ0v) is 23.2. The highest BCUT2D eigenvalue weighted by atomic mass is 32.1. The molecule has 4 rings (SSSR count). The van der Waals surface area contributed by atoms with Gasteiger partial charge in [0.25, 0.3) is 11.2 Å². The highest BCUT2D eigenvalue weighted by molar-refractivity contribution is 7.07. The Hall–Kier alpha value is -4.05. The van der Waals surface area contributed by atoms with E-state index in [-0.39, 0.29) is 23.8 Å². The van der Waals surface area contributed by atoms with Crippen molar-refractivity contribution < 1.29 is 19.2 Å². The van der Waals surface area contributed by atoms with Crippen LogP contribution < -0.4 is 19.6 Å². The summed E-state index contributed by atoms with van der Waals surface area (Å²) in [5.74, 6) is 0.324. The number of esters is 1. The summed E-state index contributed by atoms with van der Waals surface area (Å²) in [6, 6.07) is 12.7. The van der Waals surface area contributed by atoms with Crippen molar-refractivity contribution >= 4 is 29.1 Å². The Bertz CT molecular complexity index is 1580. The maximum atomic E-state index is 13.8. The molecule has 1 atom stereocenters. The van der Waals surface area contributed by atoms with Crippen molar-refractivity contribution in [2.75, 3.05) is 13.2 Å². The van der Waals surface area contributed by atoms with Gasteiger partial charge in [-0.15, -0.1) is 0 Å². The van der Waals surface area contributed by atoms with E-state index in [0.29, 0.717) is 44.1 Å². The average Bonchev–Trinajstić information content (AvgIpc) is 3.21. The maximum absolute atomic E-state index is 13.8. The predicted molar refractivity (Wildman–Crippen MR) is 150 cm³/mol. The van der Waals surface area contributed by atoms with Gasteiger partial charge in [0.05, 0.1) is 40.0 Å². The molecular weight excluding hydrogens is 518 g/mol. The molecule has 2 heterocycles. The van der Waals surface area contributed by atoms with E-state index in [2.05, 4.69) is 11.9 Å². The van der Waals surface area contributed by atoms with E-state index >= 15 is 0 Å².